The van der Waals surface area contributed by atoms with Gasteiger partial charge < -0.3 is 0 Å². The van der Waals surface area contributed by atoms with Gasteiger partial charge in [-0.05, 0) is 0 Å². The molecule has 0 saturated carbocycles. The third-order valence-corrected chi connectivity index (χ3v) is 1.83. The molecule has 0 N–H and O–H groups in total. The molecule has 0 bridgehead atoms. The molecule has 0 fully saturated rings. The Bertz CT molecular complexity index is 229. The Balaban J connectivity index is 0.000000206. The molecule has 2 aliphatic carbocycles. The molecule has 0 heterocycles. The van der Waals surface area contributed by atoms with Crippen molar-refractivity contribution in [1.82, 2.24) is 0 Å². The topological polar surface area (TPSA) is 0 Å². The van der Waals surface area contributed by atoms with Gasteiger partial charge in [-0.2, -0.15) is 24.3 Å². The molecule has 2 aliphatic rings. The van der Waals surface area contributed by atoms with Gasteiger partial charge in [0, 0.05) is 0 Å². The van der Waals surface area contributed by atoms with E-state index in [0.717, 1.165) is 22.9 Å². The maximum absolute atomic E-state index is 5.43. The van der Waals surface area contributed by atoms with Gasteiger partial charge in [0.25, 0.3) is 0 Å². The minimum atomic E-state index is 0. The molecule has 0 saturated heterocycles. The van der Waals surface area contributed by atoms with E-state index in [-0.39, 0.29) is 16.5 Å². The molecule has 0 unspecified atom stereocenters. The Morgan fingerprint density at radius 2 is 1.31 bits per heavy atom. The van der Waals surface area contributed by atoms with Crippen molar-refractivity contribution in [3.63, 3.8) is 0 Å². The van der Waals surface area contributed by atoms with Crippen LogP contribution in [0, 0.1) is 12.2 Å². The monoisotopic (exact) mass is 256 g/mol. The maximum atomic E-state index is 5.43. The molecule has 72 valence electrons. The van der Waals surface area contributed by atoms with Crippen LogP contribution in [0.5, 0.6) is 0 Å². The van der Waals surface area contributed by atoms with Gasteiger partial charge in [0.15, 0.2) is 0 Å². The van der Waals surface area contributed by atoms with Gasteiger partial charge in [0.05, 0.1) is 0 Å². The Kier molecular flexibility index (Phi) is 7.46. The van der Waals surface area contributed by atoms with Crippen molar-refractivity contribution >= 4 is 23.2 Å². The third kappa shape index (κ3) is 6.15. The number of halogens is 2. The van der Waals surface area contributed by atoms with E-state index in [4.69, 9.17) is 23.2 Å². The quantitative estimate of drug-likeness (QED) is 0.458. The summed E-state index contributed by atoms with van der Waals surface area (Å²) in [4.78, 5) is 0. The minimum absolute atomic E-state index is 0. The van der Waals surface area contributed by atoms with Crippen LogP contribution >= 0.6 is 23.2 Å². The van der Waals surface area contributed by atoms with E-state index < -0.39 is 0 Å². The fraction of sp³-hybridized carbons (Fsp3) is 0.200. The first-order valence-electron chi connectivity index (χ1n) is 3.65. The fourth-order valence-electron chi connectivity index (χ4n) is 0.755. The van der Waals surface area contributed by atoms with Gasteiger partial charge in [0.1, 0.15) is 0 Å². The summed E-state index contributed by atoms with van der Waals surface area (Å²) in [6, 6.07) is 0. The SMILES string of the molecule is ClC1=[C-]CC=C1.ClC1=[C-]CC=C1.[Ni+2]. The van der Waals surface area contributed by atoms with Crippen LogP contribution in [0.15, 0.2) is 34.4 Å². The van der Waals surface area contributed by atoms with E-state index >= 15 is 0 Å². The third-order valence-electron chi connectivity index (χ3n) is 1.31. The van der Waals surface area contributed by atoms with E-state index in [2.05, 4.69) is 12.2 Å². The van der Waals surface area contributed by atoms with Crippen molar-refractivity contribution in [2.24, 2.45) is 0 Å². The number of rotatable bonds is 0. The van der Waals surface area contributed by atoms with E-state index in [0.29, 0.717) is 0 Å². The van der Waals surface area contributed by atoms with Crippen LogP contribution in [0.3, 0.4) is 0 Å². The normalized spacial score (nSPS) is 17.1. The zero-order valence-corrected chi connectivity index (χ0v) is 9.30. The first-order valence-corrected chi connectivity index (χ1v) is 4.40. The summed E-state index contributed by atoms with van der Waals surface area (Å²) in [5.74, 6) is 0. The first kappa shape index (κ1) is 13.0. The van der Waals surface area contributed by atoms with Crippen LogP contribution < -0.4 is 0 Å². The van der Waals surface area contributed by atoms with Crippen molar-refractivity contribution in [2.75, 3.05) is 0 Å². The van der Waals surface area contributed by atoms with Crippen molar-refractivity contribution < 1.29 is 16.5 Å². The second-order valence-electron chi connectivity index (χ2n) is 2.26. The van der Waals surface area contributed by atoms with Gasteiger partial charge in [-0.1, -0.05) is 0 Å². The fourth-order valence-corrected chi connectivity index (χ4v) is 1.09. The Hall–Kier alpha value is 0.0335. The van der Waals surface area contributed by atoms with Crippen molar-refractivity contribution in [2.45, 2.75) is 12.8 Å². The van der Waals surface area contributed by atoms with E-state index in [1.165, 1.54) is 0 Å². The number of allylic oxidation sites excluding steroid dienone is 8. The van der Waals surface area contributed by atoms with Gasteiger partial charge in [-0.15, -0.1) is 46.1 Å². The van der Waals surface area contributed by atoms with Gasteiger partial charge in [-0.3, -0.25) is 12.2 Å². The van der Waals surface area contributed by atoms with Crippen molar-refractivity contribution in [1.29, 1.82) is 0 Å². The molecule has 0 radical (unpaired) electrons. The molecular formula is C10H8Cl2Ni. The first-order chi connectivity index (χ1) is 5.79. The molecule has 0 aromatic carbocycles. The standard InChI is InChI=1S/2C5H4Cl.Ni/c2*6-5-3-1-2-4-5;/h2*1,3H,2H2;/q2*-1;+2. The smallest absolute Gasteiger partial charge is 0.254 e. The summed E-state index contributed by atoms with van der Waals surface area (Å²) in [6.07, 6.45) is 15.2. The Morgan fingerprint density at radius 3 is 1.38 bits per heavy atom. The molecule has 0 spiro atoms. The average Bonchev–Trinajstić information content (AvgIpc) is 2.63. The largest absolute Gasteiger partial charge is 2.00 e. The molecule has 3 heteroatoms. The molecule has 13 heavy (non-hydrogen) atoms. The van der Waals surface area contributed by atoms with Crippen LogP contribution in [-0.2, 0) is 16.5 Å². The number of hydrogen-bond donors (Lipinski definition) is 0. The average molecular weight is 258 g/mol. The van der Waals surface area contributed by atoms with Crippen molar-refractivity contribution in [3.05, 3.63) is 46.5 Å². The Morgan fingerprint density at radius 1 is 0.923 bits per heavy atom. The van der Waals surface area contributed by atoms with Crippen LogP contribution in [0.2, 0.25) is 0 Å². The molecule has 0 amide bonds. The van der Waals surface area contributed by atoms with Crippen molar-refractivity contribution in [3.8, 4) is 0 Å². The maximum Gasteiger partial charge on any atom is 2.00 e. The van der Waals surface area contributed by atoms with E-state index in [1.807, 2.05) is 24.3 Å². The molecule has 0 aliphatic heterocycles. The summed E-state index contributed by atoms with van der Waals surface area (Å²) in [5.41, 5.74) is 0. The molecular weight excluding hydrogens is 250 g/mol. The predicted octanol–water partition coefficient (Wildman–Crippen LogP) is 3.74. The molecule has 0 aromatic rings. The summed E-state index contributed by atoms with van der Waals surface area (Å²) < 4.78 is 0. The van der Waals surface area contributed by atoms with Gasteiger partial charge in [0.2, 0.25) is 0 Å². The van der Waals surface area contributed by atoms with Crippen LogP contribution in [0.1, 0.15) is 12.8 Å². The molecule has 0 atom stereocenters. The van der Waals surface area contributed by atoms with E-state index in [1.54, 1.807) is 0 Å². The van der Waals surface area contributed by atoms with Gasteiger partial charge >= 0.3 is 16.5 Å². The van der Waals surface area contributed by atoms with Crippen LogP contribution in [0.4, 0.5) is 0 Å². The summed E-state index contributed by atoms with van der Waals surface area (Å²) >= 11 is 10.9. The van der Waals surface area contributed by atoms with Crippen LogP contribution in [-0.4, -0.2) is 0 Å². The number of hydrogen-bond acceptors (Lipinski definition) is 0. The van der Waals surface area contributed by atoms with Gasteiger partial charge in [-0.25, -0.2) is 0 Å². The second kappa shape index (κ2) is 7.44. The molecule has 2 rings (SSSR count). The molecule has 0 aromatic heterocycles. The summed E-state index contributed by atoms with van der Waals surface area (Å²) in [7, 11) is 0. The Labute approximate surface area is 98.9 Å². The predicted molar refractivity (Wildman–Crippen MR) is 52.7 cm³/mol. The van der Waals surface area contributed by atoms with Crippen LogP contribution in [0.25, 0.3) is 0 Å². The summed E-state index contributed by atoms with van der Waals surface area (Å²) in [5, 5.41) is 1.49. The minimum Gasteiger partial charge on any atom is -0.254 e. The molecule has 0 nitrogen and oxygen atoms in total. The summed E-state index contributed by atoms with van der Waals surface area (Å²) in [6.45, 7) is 0. The zero-order valence-electron chi connectivity index (χ0n) is 6.80. The van der Waals surface area contributed by atoms with E-state index in [9.17, 15) is 0 Å². The second-order valence-corrected chi connectivity index (χ2v) is 3.08. The zero-order chi connectivity index (χ0) is 8.81.